The number of piperidine rings is 1. The number of fused-ring (bicyclic) bond motifs is 1. The number of amides is 1. The van der Waals surface area contributed by atoms with Crippen LogP contribution in [0, 0.1) is 6.92 Å². The lowest BCUT2D eigenvalue weighted by atomic mass is 9.98. The van der Waals surface area contributed by atoms with E-state index in [2.05, 4.69) is 40.8 Å². The van der Waals surface area contributed by atoms with E-state index in [-0.39, 0.29) is 22.6 Å². The molecule has 2 heterocycles. The van der Waals surface area contributed by atoms with Crippen LogP contribution in [0.15, 0.2) is 91.0 Å². The van der Waals surface area contributed by atoms with E-state index in [1.807, 2.05) is 73.7 Å². The predicted octanol–water partition coefficient (Wildman–Crippen LogP) is 8.19. The Hall–Kier alpha value is -4.73. The molecule has 1 amide bonds. The number of benzene rings is 4. The Labute approximate surface area is 310 Å². The van der Waals surface area contributed by atoms with Crippen molar-refractivity contribution in [2.24, 2.45) is 0 Å². The van der Waals surface area contributed by atoms with Crippen LogP contribution in [-0.4, -0.2) is 67.5 Å². The quantitative estimate of drug-likeness (QED) is 0.119. The Morgan fingerprint density at radius 3 is 2.44 bits per heavy atom. The lowest BCUT2D eigenvalue weighted by molar-refractivity contribution is -0.112. The highest BCUT2D eigenvalue weighted by Crippen LogP contribution is 2.27. The van der Waals surface area contributed by atoms with E-state index in [4.69, 9.17) is 4.98 Å². The fourth-order valence-corrected chi connectivity index (χ4v) is 8.02. The van der Waals surface area contributed by atoms with Crippen LogP contribution >= 0.6 is 11.8 Å². The molecule has 0 spiro atoms. The molecule has 5 aromatic rings. The van der Waals surface area contributed by atoms with Crippen LogP contribution < -0.4 is 5.32 Å². The Kier molecular flexibility index (Phi) is 12.2. The molecule has 1 saturated heterocycles. The molecule has 1 aliphatic heterocycles. The first kappa shape index (κ1) is 37.0. The van der Waals surface area contributed by atoms with Crippen LogP contribution in [0.4, 0.5) is 0 Å². The highest BCUT2D eigenvalue weighted by Gasteiger charge is 2.23. The van der Waals surface area contributed by atoms with Gasteiger partial charge in [-0.25, -0.2) is 9.78 Å². The van der Waals surface area contributed by atoms with Crippen molar-refractivity contribution in [1.82, 2.24) is 19.8 Å². The normalized spacial score (nSPS) is 15.4. The molecule has 8 nitrogen and oxygen atoms in total. The van der Waals surface area contributed by atoms with E-state index >= 15 is 0 Å². The number of nitrogens with zero attached hydrogens (tertiary/aromatic N) is 3. The Balaban J connectivity index is 1.23. The summed E-state index contributed by atoms with van der Waals surface area (Å²) < 4.78 is 2.19. The van der Waals surface area contributed by atoms with Gasteiger partial charge >= 0.3 is 5.97 Å². The molecule has 52 heavy (non-hydrogen) atoms. The van der Waals surface area contributed by atoms with Crippen molar-refractivity contribution < 1.29 is 19.5 Å². The smallest absolute Gasteiger partial charge is 0.336 e. The Bertz CT molecular complexity index is 2020. The first-order chi connectivity index (χ1) is 25.2. The second-order valence-corrected chi connectivity index (χ2v) is 15.0. The fraction of sp³-hybridized carbons (Fsp3) is 0.349. The number of rotatable bonds is 14. The third-order valence-corrected chi connectivity index (χ3v) is 11.0. The summed E-state index contributed by atoms with van der Waals surface area (Å²) in [5, 5.41) is 13.1. The first-order valence-corrected chi connectivity index (χ1v) is 19.3. The number of aromatic nitrogens is 2. The molecule has 2 atom stereocenters. The van der Waals surface area contributed by atoms with Gasteiger partial charge in [0.15, 0.2) is 0 Å². The molecule has 0 saturated carbocycles. The molecule has 270 valence electrons. The van der Waals surface area contributed by atoms with Crippen molar-refractivity contribution in [2.75, 3.05) is 18.8 Å². The standard InChI is InChI=1S/C43H48N4O4S/c1-4-12-39-45-41-29(2)23-34(25-38(41)47(39)26-32-18-20-33(21-19-32)36-16-8-9-17-37(36)43(50)51)42(49)44-35(24-31-14-6-5-7-15-31)28-52-40(48)27-46-22-11-10-13-30(46)3/h5-9,14-21,23,25,30,35H,4,10-13,22,24,26-28H2,1-3H3,(H,44,49)(H,50,51)/t30-,35?/m1/s1. The second-order valence-electron chi connectivity index (χ2n) is 13.9. The number of carboxylic acid groups (broad SMARTS) is 1. The van der Waals surface area contributed by atoms with Gasteiger partial charge in [-0.2, -0.15) is 0 Å². The number of nitrogens with one attached hydrogen (secondary N) is 1. The number of hydrogen-bond donors (Lipinski definition) is 2. The lowest BCUT2D eigenvalue weighted by Gasteiger charge is -2.32. The van der Waals surface area contributed by atoms with Crippen LogP contribution in [0.2, 0.25) is 0 Å². The van der Waals surface area contributed by atoms with E-state index in [1.54, 1.807) is 12.1 Å². The molecule has 0 radical (unpaired) electrons. The van der Waals surface area contributed by atoms with Crippen molar-refractivity contribution >= 4 is 39.8 Å². The van der Waals surface area contributed by atoms with Gasteiger partial charge in [-0.15, -0.1) is 0 Å². The molecule has 6 rings (SSSR count). The van der Waals surface area contributed by atoms with Gasteiger partial charge in [-0.3, -0.25) is 14.5 Å². The number of aryl methyl sites for hydroxylation is 2. The summed E-state index contributed by atoms with van der Waals surface area (Å²) in [4.78, 5) is 46.3. The number of carboxylic acids is 1. The maximum Gasteiger partial charge on any atom is 0.336 e. The molecule has 4 aromatic carbocycles. The third kappa shape index (κ3) is 9.00. The van der Waals surface area contributed by atoms with Gasteiger partial charge in [0.1, 0.15) is 5.82 Å². The van der Waals surface area contributed by atoms with Gasteiger partial charge < -0.3 is 15.0 Å². The van der Waals surface area contributed by atoms with Gasteiger partial charge in [0.05, 0.1) is 23.1 Å². The number of aromatic carboxylic acids is 1. The lowest BCUT2D eigenvalue weighted by Crippen LogP contribution is -2.41. The number of imidazole rings is 1. The van der Waals surface area contributed by atoms with Crippen molar-refractivity contribution in [3.63, 3.8) is 0 Å². The average molecular weight is 717 g/mol. The van der Waals surface area contributed by atoms with Crippen LogP contribution in [0.5, 0.6) is 0 Å². The number of likely N-dealkylation sites (tertiary alicyclic amines) is 1. The minimum atomic E-state index is -0.954. The van der Waals surface area contributed by atoms with E-state index in [0.717, 1.165) is 71.3 Å². The maximum absolute atomic E-state index is 14.0. The number of hydrogen-bond acceptors (Lipinski definition) is 6. The summed E-state index contributed by atoms with van der Waals surface area (Å²) >= 11 is 1.32. The molecule has 9 heteroatoms. The van der Waals surface area contributed by atoms with Crippen molar-refractivity contribution in [1.29, 1.82) is 0 Å². The minimum Gasteiger partial charge on any atom is -0.478 e. The highest BCUT2D eigenvalue weighted by atomic mass is 32.2. The monoisotopic (exact) mass is 716 g/mol. The third-order valence-electron chi connectivity index (χ3n) is 10.0. The zero-order valence-corrected chi connectivity index (χ0v) is 31.1. The average Bonchev–Trinajstić information content (AvgIpc) is 3.49. The number of carbonyl (C=O) groups is 3. The van der Waals surface area contributed by atoms with Gasteiger partial charge in [-0.1, -0.05) is 97.9 Å². The van der Waals surface area contributed by atoms with Gasteiger partial charge in [0, 0.05) is 36.4 Å². The molecular weight excluding hydrogens is 669 g/mol. The topological polar surface area (TPSA) is 105 Å². The van der Waals surface area contributed by atoms with Gasteiger partial charge in [-0.05, 0) is 92.1 Å². The van der Waals surface area contributed by atoms with Crippen LogP contribution in [0.1, 0.15) is 82.8 Å². The summed E-state index contributed by atoms with van der Waals surface area (Å²) in [5.41, 5.74) is 7.20. The predicted molar refractivity (Wildman–Crippen MR) is 210 cm³/mol. The Morgan fingerprint density at radius 2 is 1.71 bits per heavy atom. The first-order valence-electron chi connectivity index (χ1n) is 18.4. The minimum absolute atomic E-state index is 0.143. The molecule has 1 fully saturated rings. The van der Waals surface area contributed by atoms with E-state index in [9.17, 15) is 19.5 Å². The van der Waals surface area contributed by atoms with Gasteiger partial charge in [0.25, 0.3) is 5.91 Å². The summed E-state index contributed by atoms with van der Waals surface area (Å²) in [5.74, 6) is 0.326. The van der Waals surface area contributed by atoms with Crippen LogP contribution in [-0.2, 0) is 24.2 Å². The van der Waals surface area contributed by atoms with E-state index in [1.165, 1.54) is 18.2 Å². The fourth-order valence-electron chi connectivity index (χ4n) is 7.17. The van der Waals surface area contributed by atoms with E-state index < -0.39 is 5.97 Å². The van der Waals surface area contributed by atoms with Crippen molar-refractivity contribution in [3.8, 4) is 11.1 Å². The SMILES string of the molecule is CCCc1nc2c(C)cc(C(=O)NC(CSC(=O)CN3CCCC[C@H]3C)Cc3ccccc3)cc2n1Cc1ccc(-c2ccccc2C(=O)O)cc1. The zero-order chi connectivity index (χ0) is 36.6. The largest absolute Gasteiger partial charge is 0.478 e. The van der Waals surface area contributed by atoms with Crippen molar-refractivity contribution in [3.05, 3.63) is 125 Å². The molecule has 1 unspecified atom stereocenters. The molecule has 1 aliphatic rings. The van der Waals surface area contributed by atoms with E-state index in [0.29, 0.717) is 42.4 Å². The summed E-state index contributed by atoms with van der Waals surface area (Å²) in [6, 6.07) is 29.1. The molecule has 0 bridgehead atoms. The summed E-state index contributed by atoms with van der Waals surface area (Å²) in [6.45, 7) is 8.29. The molecule has 2 N–H and O–H groups in total. The van der Waals surface area contributed by atoms with Crippen molar-refractivity contribution in [2.45, 2.75) is 77.9 Å². The zero-order valence-electron chi connectivity index (χ0n) is 30.3. The van der Waals surface area contributed by atoms with Crippen LogP contribution in [0.3, 0.4) is 0 Å². The highest BCUT2D eigenvalue weighted by molar-refractivity contribution is 8.13. The summed E-state index contributed by atoms with van der Waals surface area (Å²) in [7, 11) is 0. The molecule has 0 aliphatic carbocycles. The molecule has 1 aromatic heterocycles. The number of carbonyl (C=O) groups excluding carboxylic acids is 2. The summed E-state index contributed by atoms with van der Waals surface area (Å²) in [6.07, 6.45) is 5.82. The Morgan fingerprint density at radius 1 is 0.962 bits per heavy atom. The molecular formula is C43H48N4O4S. The van der Waals surface area contributed by atoms with Crippen LogP contribution in [0.25, 0.3) is 22.2 Å². The van der Waals surface area contributed by atoms with Gasteiger partial charge in [0.2, 0.25) is 5.12 Å². The second kappa shape index (κ2) is 17.2. The maximum atomic E-state index is 14.0. The number of thioether (sulfide) groups is 1.